The Kier molecular flexibility index (Phi) is 133. The minimum absolute atomic E-state index is 0. The standard InChI is InChI=1S/8BH3O3.3Na.3H/c8*2-1(3)4;;;;;;/h8*2-4H;;;;;;/q;;;;;;;;3*+1;3*-1. The van der Waals surface area contributed by atoms with Crippen LogP contribution in [0.25, 0.3) is 0 Å². The van der Waals surface area contributed by atoms with Crippen molar-refractivity contribution in [2.24, 2.45) is 0 Å². The van der Waals surface area contributed by atoms with E-state index < -0.39 is 58.6 Å². The molecule has 0 spiro atoms. The summed E-state index contributed by atoms with van der Waals surface area (Å²) >= 11 is 0. The van der Waals surface area contributed by atoms with Crippen molar-refractivity contribution in [3.8, 4) is 0 Å². The van der Waals surface area contributed by atoms with Gasteiger partial charge in [0.05, 0.1) is 0 Å². The summed E-state index contributed by atoms with van der Waals surface area (Å²) in [6.07, 6.45) is 0. The topological polar surface area (TPSA) is 486 Å². The van der Waals surface area contributed by atoms with Crippen LogP contribution in [0.5, 0.6) is 0 Å². The summed E-state index contributed by atoms with van der Waals surface area (Å²) in [7, 11) is -17.3. The predicted molar refractivity (Wildman–Crippen MR) is 103 cm³/mol. The van der Waals surface area contributed by atoms with Gasteiger partial charge in [-0.3, -0.25) is 0 Å². The summed E-state index contributed by atoms with van der Waals surface area (Å²) in [5.41, 5.74) is 0. The molecule has 0 radical (unpaired) electrons. The van der Waals surface area contributed by atoms with Crippen LogP contribution in [-0.2, 0) is 0 Å². The van der Waals surface area contributed by atoms with Crippen LogP contribution in [0.15, 0.2) is 0 Å². The molecule has 35 heteroatoms. The van der Waals surface area contributed by atoms with E-state index in [-0.39, 0.29) is 93.0 Å². The third-order valence-electron chi connectivity index (χ3n) is 0. The zero-order valence-electron chi connectivity index (χ0n) is 21.4. The molecule has 0 saturated heterocycles. The van der Waals surface area contributed by atoms with Crippen LogP contribution >= 0.6 is 0 Å². The third-order valence-corrected chi connectivity index (χ3v) is 0. The van der Waals surface area contributed by atoms with Crippen molar-refractivity contribution in [1.29, 1.82) is 0 Å². The van der Waals surface area contributed by atoms with Gasteiger partial charge in [0, 0.05) is 0 Å². The first-order valence-corrected chi connectivity index (χ1v) is 6.20. The fourth-order valence-corrected chi connectivity index (χ4v) is 0. The van der Waals surface area contributed by atoms with E-state index in [1.165, 1.54) is 0 Å². The Labute approximate surface area is 270 Å². The molecule has 0 atom stereocenters. The molecule has 0 amide bonds. The molecule has 0 rings (SSSR count). The smallest absolute Gasteiger partial charge is 1.00 e. The van der Waals surface area contributed by atoms with Crippen molar-refractivity contribution in [2.75, 3.05) is 0 Å². The van der Waals surface area contributed by atoms with Gasteiger partial charge in [0.15, 0.2) is 0 Å². The van der Waals surface area contributed by atoms with Crippen molar-refractivity contribution in [2.45, 2.75) is 0 Å². The number of hydrogen-bond acceptors (Lipinski definition) is 24. The first-order valence-electron chi connectivity index (χ1n) is 6.20. The molecule has 24 nitrogen and oxygen atoms in total. The summed E-state index contributed by atoms with van der Waals surface area (Å²) in [6, 6.07) is 0. The maximum atomic E-state index is 7.17. The molecule has 0 unspecified atom stereocenters. The van der Waals surface area contributed by atoms with E-state index in [0.717, 1.165) is 0 Å². The monoisotopic (exact) mass is 568 g/mol. The van der Waals surface area contributed by atoms with Gasteiger partial charge in [-0.2, -0.15) is 0 Å². The van der Waals surface area contributed by atoms with Crippen molar-refractivity contribution in [3.63, 3.8) is 0 Å². The SMILES string of the molecule is OB(O)O.OB(O)O.OB(O)O.OB(O)O.OB(O)O.OB(O)O.OB(O)O.OB(O)O.[H-].[H-].[H-].[Na+].[Na+].[Na+]. The second-order valence-corrected chi connectivity index (χ2v) is 2.77. The normalized spacial score (nSPS) is 6.17. The summed E-state index contributed by atoms with van der Waals surface area (Å²) in [6.45, 7) is 0. The molecule has 0 aliphatic carbocycles. The van der Waals surface area contributed by atoms with E-state index in [4.69, 9.17) is 121 Å². The zero-order chi connectivity index (χ0) is 28.6. The van der Waals surface area contributed by atoms with Gasteiger partial charge < -0.3 is 125 Å². The summed E-state index contributed by atoms with van der Waals surface area (Å²) in [4.78, 5) is 0. The first kappa shape index (κ1) is 71.2. The molecule has 198 valence electrons. The van der Waals surface area contributed by atoms with Gasteiger partial charge in [-0.25, -0.2) is 0 Å². The Morgan fingerprint density at radius 3 is 0.171 bits per heavy atom. The average molecular weight is 567 g/mol. The minimum atomic E-state index is -2.17. The Morgan fingerprint density at radius 1 is 0.171 bits per heavy atom. The molecule has 0 bridgehead atoms. The molecule has 35 heavy (non-hydrogen) atoms. The van der Waals surface area contributed by atoms with Crippen LogP contribution < -0.4 is 88.7 Å². The molecular weight excluding hydrogens is 539 g/mol. The number of hydrogen-bond donors (Lipinski definition) is 24. The minimum Gasteiger partial charge on any atom is -1.00 e. The van der Waals surface area contributed by atoms with Gasteiger partial charge in [0.25, 0.3) is 0 Å². The summed E-state index contributed by atoms with van der Waals surface area (Å²) in [5.74, 6) is 0. The predicted octanol–water partition coefficient (Wildman–Crippen LogP) is -25.1. The second kappa shape index (κ2) is 65.5. The van der Waals surface area contributed by atoms with Crippen LogP contribution in [0.1, 0.15) is 4.28 Å². The first-order chi connectivity index (χ1) is 13.9. The fraction of sp³-hybridized carbons (Fsp3) is 0. The van der Waals surface area contributed by atoms with Gasteiger partial charge >= 0.3 is 147 Å². The molecule has 0 aliphatic heterocycles. The Balaban J connectivity index is -0.0000000141. The summed E-state index contributed by atoms with van der Waals surface area (Å²) < 4.78 is 0. The molecule has 0 aliphatic rings. The van der Waals surface area contributed by atoms with Crippen LogP contribution in [0.4, 0.5) is 0 Å². The molecule has 0 aromatic carbocycles. The maximum absolute atomic E-state index is 7.17. The molecular formula is H27B8Na3O24. The largest absolute Gasteiger partial charge is 1.00 e. The molecule has 0 aromatic rings. The van der Waals surface area contributed by atoms with Crippen molar-refractivity contribution >= 4 is 58.6 Å². The van der Waals surface area contributed by atoms with Gasteiger partial charge in [-0.15, -0.1) is 0 Å². The van der Waals surface area contributed by atoms with Crippen molar-refractivity contribution in [1.82, 2.24) is 0 Å². The fourth-order valence-electron chi connectivity index (χ4n) is 0. The van der Waals surface area contributed by atoms with Crippen LogP contribution in [-0.4, -0.2) is 179 Å². The summed E-state index contributed by atoms with van der Waals surface area (Å²) in [5, 5.41) is 172. The Bertz CT molecular complexity index is 166. The van der Waals surface area contributed by atoms with E-state index in [2.05, 4.69) is 0 Å². The van der Waals surface area contributed by atoms with Gasteiger partial charge in [0.1, 0.15) is 0 Å². The van der Waals surface area contributed by atoms with E-state index >= 15 is 0 Å². The second-order valence-electron chi connectivity index (χ2n) is 2.77. The third kappa shape index (κ3) is 6670. The van der Waals surface area contributed by atoms with E-state index in [0.29, 0.717) is 0 Å². The van der Waals surface area contributed by atoms with Crippen LogP contribution in [0.3, 0.4) is 0 Å². The average Bonchev–Trinajstić information content (AvgIpc) is 2.30. The van der Waals surface area contributed by atoms with Crippen molar-refractivity contribution < 1.29 is 214 Å². The maximum Gasteiger partial charge on any atom is 1.00 e. The molecule has 0 saturated carbocycles. The van der Waals surface area contributed by atoms with E-state index in [9.17, 15) is 0 Å². The molecule has 24 N–H and O–H groups in total. The van der Waals surface area contributed by atoms with Gasteiger partial charge in [-0.05, 0) is 0 Å². The van der Waals surface area contributed by atoms with Crippen LogP contribution in [0.2, 0.25) is 0 Å². The molecule has 0 fully saturated rings. The number of rotatable bonds is 0. The quantitative estimate of drug-likeness (QED) is 0.121. The van der Waals surface area contributed by atoms with Gasteiger partial charge in [-0.1, -0.05) is 0 Å². The Morgan fingerprint density at radius 2 is 0.171 bits per heavy atom. The molecule has 0 aromatic heterocycles. The zero-order valence-corrected chi connectivity index (χ0v) is 24.4. The molecule has 0 heterocycles. The van der Waals surface area contributed by atoms with Crippen molar-refractivity contribution in [3.05, 3.63) is 0 Å². The van der Waals surface area contributed by atoms with Gasteiger partial charge in [0.2, 0.25) is 0 Å². The van der Waals surface area contributed by atoms with E-state index in [1.54, 1.807) is 0 Å². The Hall–Kier alpha value is 2.56. The van der Waals surface area contributed by atoms with E-state index in [1.807, 2.05) is 0 Å². The van der Waals surface area contributed by atoms with Crippen LogP contribution in [0, 0.1) is 0 Å².